The van der Waals surface area contributed by atoms with Crippen molar-refractivity contribution >= 4 is 0 Å². The Morgan fingerprint density at radius 3 is 2.13 bits per heavy atom. The van der Waals surface area contributed by atoms with E-state index in [-0.39, 0.29) is 0 Å². The Kier molecular flexibility index (Phi) is 8.81. The number of nitrogens with zero attached hydrogens (tertiary/aromatic N) is 1. The summed E-state index contributed by atoms with van der Waals surface area (Å²) in [4.78, 5) is 0. The van der Waals surface area contributed by atoms with E-state index < -0.39 is 0 Å². The minimum atomic E-state index is 0.767. The number of ether oxygens (including phenoxy) is 1. The first-order chi connectivity index (χ1) is 14.6. The molecule has 0 radical (unpaired) electrons. The molecule has 1 fully saturated rings. The molecule has 0 bridgehead atoms. The summed E-state index contributed by atoms with van der Waals surface area (Å²) in [6.07, 6.45) is 10.6. The van der Waals surface area contributed by atoms with E-state index in [1.165, 1.54) is 85.8 Å². The molecule has 2 aromatic rings. The number of hydrogen-bond donors (Lipinski definition) is 0. The number of quaternary nitrogens is 1. The largest absolute Gasteiger partial charge is 0.493 e. The molecule has 1 heterocycles. The van der Waals surface area contributed by atoms with Crippen LogP contribution in [0.5, 0.6) is 5.75 Å². The van der Waals surface area contributed by atoms with E-state index in [9.17, 15) is 0 Å². The summed E-state index contributed by atoms with van der Waals surface area (Å²) in [5.74, 6) is 1.09. The van der Waals surface area contributed by atoms with E-state index in [1.807, 2.05) is 0 Å². The van der Waals surface area contributed by atoms with Crippen molar-refractivity contribution < 1.29 is 9.22 Å². The second-order valence-corrected chi connectivity index (χ2v) is 9.35. The first-order valence-corrected chi connectivity index (χ1v) is 12.2. The smallest absolute Gasteiger partial charge is 0.125 e. The SMILES string of the molecule is CCC(CCCCOc1c(C)cccc1C)[N+]1(Cc2ccccc2)CCCCCC1. The zero-order valence-corrected chi connectivity index (χ0v) is 19.5. The fourth-order valence-corrected chi connectivity index (χ4v) is 5.47. The monoisotopic (exact) mass is 408 g/mol. The standard InChI is InChI=1S/C28H42NO/c1-4-27(19-10-13-22-30-28-24(2)15-14-16-25(28)3)29(20-11-5-6-12-21-29)23-26-17-8-7-9-18-26/h7-9,14-18,27H,4-6,10-13,19-23H2,1-3H3/q+1. The number of hydrogen-bond acceptors (Lipinski definition) is 1. The van der Waals surface area contributed by atoms with E-state index in [0.29, 0.717) is 0 Å². The maximum Gasteiger partial charge on any atom is 0.125 e. The van der Waals surface area contributed by atoms with Crippen LogP contribution >= 0.6 is 0 Å². The van der Waals surface area contributed by atoms with Crippen LogP contribution in [0.25, 0.3) is 0 Å². The average molecular weight is 409 g/mol. The van der Waals surface area contributed by atoms with Crippen LogP contribution in [0.1, 0.15) is 75.0 Å². The summed E-state index contributed by atoms with van der Waals surface area (Å²) in [5, 5.41) is 0. The second kappa shape index (κ2) is 11.6. The molecule has 1 unspecified atom stereocenters. The maximum absolute atomic E-state index is 6.16. The highest BCUT2D eigenvalue weighted by molar-refractivity contribution is 5.39. The molecule has 3 rings (SSSR count). The van der Waals surface area contributed by atoms with Crippen molar-refractivity contribution in [3.05, 3.63) is 65.2 Å². The molecule has 2 aromatic carbocycles. The molecule has 1 aliphatic rings. The quantitative estimate of drug-likeness (QED) is 0.298. The van der Waals surface area contributed by atoms with Gasteiger partial charge in [0.25, 0.3) is 0 Å². The normalized spacial score (nSPS) is 17.3. The molecular formula is C28H42NO+. The third kappa shape index (κ3) is 6.11. The molecule has 2 heteroatoms. The Bertz CT molecular complexity index is 726. The second-order valence-electron chi connectivity index (χ2n) is 9.35. The molecule has 0 aliphatic carbocycles. The van der Waals surface area contributed by atoms with Crippen LogP contribution in [-0.4, -0.2) is 30.2 Å². The molecule has 0 amide bonds. The van der Waals surface area contributed by atoms with Crippen LogP contribution in [0.15, 0.2) is 48.5 Å². The summed E-state index contributed by atoms with van der Waals surface area (Å²) in [6.45, 7) is 11.4. The van der Waals surface area contributed by atoms with Gasteiger partial charge in [-0.25, -0.2) is 0 Å². The van der Waals surface area contributed by atoms with Crippen molar-refractivity contribution in [3.63, 3.8) is 0 Å². The molecule has 30 heavy (non-hydrogen) atoms. The van der Waals surface area contributed by atoms with E-state index in [0.717, 1.165) is 24.8 Å². The van der Waals surface area contributed by atoms with Gasteiger partial charge >= 0.3 is 0 Å². The zero-order valence-electron chi connectivity index (χ0n) is 19.5. The lowest BCUT2D eigenvalue weighted by Crippen LogP contribution is -2.55. The van der Waals surface area contributed by atoms with Gasteiger partial charge in [0.05, 0.1) is 25.7 Å². The minimum absolute atomic E-state index is 0.767. The Hall–Kier alpha value is -1.80. The Labute approximate surface area is 184 Å². The molecule has 0 aromatic heterocycles. The molecule has 0 spiro atoms. The number of benzene rings is 2. The van der Waals surface area contributed by atoms with Crippen molar-refractivity contribution in [2.75, 3.05) is 19.7 Å². The van der Waals surface area contributed by atoms with Crippen molar-refractivity contribution in [1.82, 2.24) is 0 Å². The van der Waals surface area contributed by atoms with Gasteiger partial charge in [0, 0.05) is 5.56 Å². The summed E-state index contributed by atoms with van der Waals surface area (Å²) < 4.78 is 7.47. The van der Waals surface area contributed by atoms with Crippen LogP contribution < -0.4 is 4.74 Å². The highest BCUT2D eigenvalue weighted by Gasteiger charge is 2.36. The summed E-state index contributed by atoms with van der Waals surface area (Å²) in [5.41, 5.74) is 4.01. The van der Waals surface area contributed by atoms with Crippen LogP contribution in [-0.2, 0) is 6.54 Å². The number of unbranched alkanes of at least 4 members (excludes halogenated alkanes) is 1. The van der Waals surface area contributed by atoms with E-state index in [1.54, 1.807) is 0 Å². The van der Waals surface area contributed by atoms with Gasteiger partial charge in [-0.3, -0.25) is 0 Å². The zero-order chi connectivity index (χ0) is 21.2. The first kappa shape index (κ1) is 22.9. The predicted octanol–water partition coefficient (Wildman–Crippen LogP) is 7.22. The van der Waals surface area contributed by atoms with Crippen molar-refractivity contribution in [1.29, 1.82) is 0 Å². The first-order valence-electron chi connectivity index (χ1n) is 12.2. The highest BCUT2D eigenvalue weighted by atomic mass is 16.5. The van der Waals surface area contributed by atoms with Gasteiger partial charge in [0.15, 0.2) is 0 Å². The van der Waals surface area contributed by atoms with Crippen LogP contribution in [0.4, 0.5) is 0 Å². The Morgan fingerprint density at radius 1 is 0.833 bits per heavy atom. The lowest BCUT2D eigenvalue weighted by molar-refractivity contribution is -0.963. The van der Waals surface area contributed by atoms with E-state index in [4.69, 9.17) is 4.74 Å². The van der Waals surface area contributed by atoms with E-state index in [2.05, 4.69) is 69.3 Å². The van der Waals surface area contributed by atoms with Gasteiger partial charge in [0.2, 0.25) is 0 Å². The fourth-order valence-electron chi connectivity index (χ4n) is 5.47. The lowest BCUT2D eigenvalue weighted by Gasteiger charge is -2.45. The van der Waals surface area contributed by atoms with Crippen molar-refractivity contribution in [2.24, 2.45) is 0 Å². The fraction of sp³-hybridized carbons (Fsp3) is 0.571. The predicted molar refractivity (Wildman–Crippen MR) is 128 cm³/mol. The molecule has 1 aliphatic heterocycles. The summed E-state index contributed by atoms with van der Waals surface area (Å²) >= 11 is 0. The van der Waals surface area contributed by atoms with Gasteiger partial charge in [-0.05, 0) is 76.3 Å². The number of likely N-dealkylation sites (tertiary alicyclic amines) is 1. The molecule has 1 saturated heterocycles. The van der Waals surface area contributed by atoms with Crippen LogP contribution in [0.2, 0.25) is 0 Å². The van der Waals surface area contributed by atoms with Gasteiger partial charge in [-0.2, -0.15) is 0 Å². The molecular weight excluding hydrogens is 366 g/mol. The molecule has 164 valence electrons. The Morgan fingerprint density at radius 2 is 1.50 bits per heavy atom. The third-order valence-corrected chi connectivity index (χ3v) is 7.13. The third-order valence-electron chi connectivity index (χ3n) is 7.13. The van der Waals surface area contributed by atoms with Gasteiger partial charge in [-0.15, -0.1) is 0 Å². The van der Waals surface area contributed by atoms with Gasteiger partial charge in [-0.1, -0.05) is 55.5 Å². The number of rotatable bonds is 10. The highest BCUT2D eigenvalue weighted by Crippen LogP contribution is 2.30. The van der Waals surface area contributed by atoms with Gasteiger partial charge in [0.1, 0.15) is 12.3 Å². The maximum atomic E-state index is 6.16. The Balaban J connectivity index is 1.58. The molecule has 0 N–H and O–H groups in total. The van der Waals surface area contributed by atoms with E-state index >= 15 is 0 Å². The number of aryl methyl sites for hydroxylation is 2. The molecule has 0 saturated carbocycles. The number of para-hydroxylation sites is 1. The molecule has 2 nitrogen and oxygen atoms in total. The van der Waals surface area contributed by atoms with Crippen molar-refractivity contribution in [3.8, 4) is 5.75 Å². The van der Waals surface area contributed by atoms with Gasteiger partial charge < -0.3 is 9.22 Å². The topological polar surface area (TPSA) is 9.23 Å². The summed E-state index contributed by atoms with van der Waals surface area (Å²) in [6, 6.07) is 18.4. The summed E-state index contributed by atoms with van der Waals surface area (Å²) in [7, 11) is 0. The average Bonchev–Trinajstić information content (AvgIpc) is 2.99. The van der Waals surface area contributed by atoms with Crippen molar-refractivity contribution in [2.45, 2.75) is 84.7 Å². The molecule has 1 atom stereocenters. The van der Waals surface area contributed by atoms with Crippen LogP contribution in [0.3, 0.4) is 0 Å². The lowest BCUT2D eigenvalue weighted by atomic mass is 9.99. The van der Waals surface area contributed by atoms with Crippen LogP contribution in [0, 0.1) is 13.8 Å². The minimum Gasteiger partial charge on any atom is -0.493 e.